The van der Waals surface area contributed by atoms with Gasteiger partial charge in [-0.3, -0.25) is 4.79 Å². The van der Waals surface area contributed by atoms with Gasteiger partial charge in [-0.2, -0.15) is 0 Å². The molecule has 3 rings (SSSR count). The van der Waals surface area contributed by atoms with Gasteiger partial charge in [0, 0.05) is 24.9 Å². The van der Waals surface area contributed by atoms with Gasteiger partial charge in [0.05, 0.1) is 0 Å². The fraction of sp³-hybridized carbons (Fsp3) is 0.611. The van der Waals surface area contributed by atoms with Crippen molar-refractivity contribution >= 4 is 5.91 Å². The molecule has 2 saturated heterocycles. The topological polar surface area (TPSA) is 32.3 Å². The van der Waals surface area contributed by atoms with E-state index in [0.29, 0.717) is 18.2 Å². The molecule has 0 spiro atoms. The predicted octanol–water partition coefficient (Wildman–Crippen LogP) is 2.57. The predicted molar refractivity (Wildman–Crippen MR) is 85.2 cm³/mol. The Morgan fingerprint density at radius 1 is 1.24 bits per heavy atom. The van der Waals surface area contributed by atoms with Crippen LogP contribution in [0.5, 0.6) is 0 Å². The zero-order chi connectivity index (χ0) is 14.7. The highest BCUT2D eigenvalue weighted by Gasteiger charge is 2.36. The molecule has 1 amide bonds. The van der Waals surface area contributed by atoms with Crippen molar-refractivity contribution in [2.24, 2.45) is 5.92 Å². The highest BCUT2D eigenvalue weighted by molar-refractivity contribution is 5.77. The van der Waals surface area contributed by atoms with Crippen LogP contribution in [0.15, 0.2) is 30.3 Å². The normalized spacial score (nSPS) is 27.9. The molecule has 21 heavy (non-hydrogen) atoms. The summed E-state index contributed by atoms with van der Waals surface area (Å²) in [5.41, 5.74) is 1.48. The number of carbonyl (C=O) groups is 1. The minimum Gasteiger partial charge on any atom is -0.342 e. The van der Waals surface area contributed by atoms with Gasteiger partial charge in [0.15, 0.2) is 0 Å². The lowest BCUT2D eigenvalue weighted by Crippen LogP contribution is -2.49. The number of benzene rings is 1. The third-order valence-corrected chi connectivity index (χ3v) is 5.19. The maximum atomic E-state index is 12.3. The molecule has 1 aromatic rings. The zero-order valence-corrected chi connectivity index (χ0v) is 13.0. The molecule has 2 aliphatic heterocycles. The molecule has 1 aromatic carbocycles. The zero-order valence-electron chi connectivity index (χ0n) is 13.0. The number of piperidine rings is 2. The van der Waals surface area contributed by atoms with Gasteiger partial charge in [0.2, 0.25) is 5.91 Å². The second kappa shape index (κ2) is 6.18. The van der Waals surface area contributed by atoms with Crippen LogP contribution >= 0.6 is 0 Å². The Morgan fingerprint density at radius 3 is 2.67 bits per heavy atom. The van der Waals surface area contributed by atoms with Gasteiger partial charge in [-0.25, -0.2) is 0 Å². The third kappa shape index (κ3) is 3.29. The molecule has 0 bridgehead atoms. The van der Waals surface area contributed by atoms with Crippen molar-refractivity contribution in [1.29, 1.82) is 0 Å². The number of rotatable bonds is 3. The molecular formula is C18H26N2O. The van der Waals surface area contributed by atoms with E-state index in [2.05, 4.69) is 47.5 Å². The van der Waals surface area contributed by atoms with Crippen LogP contribution in [0, 0.1) is 5.92 Å². The minimum atomic E-state index is 0.113. The average Bonchev–Trinajstić information content (AvgIpc) is 2.53. The van der Waals surface area contributed by atoms with E-state index in [1.807, 2.05) is 0 Å². The van der Waals surface area contributed by atoms with Crippen LogP contribution in [-0.4, -0.2) is 37.0 Å². The van der Waals surface area contributed by atoms with Crippen molar-refractivity contribution in [3.8, 4) is 0 Å². The first-order valence-corrected chi connectivity index (χ1v) is 8.21. The molecule has 3 heteroatoms. The molecule has 1 atom stereocenters. The van der Waals surface area contributed by atoms with E-state index < -0.39 is 0 Å². The monoisotopic (exact) mass is 286 g/mol. The maximum absolute atomic E-state index is 12.3. The van der Waals surface area contributed by atoms with Gasteiger partial charge < -0.3 is 10.2 Å². The van der Waals surface area contributed by atoms with Crippen LogP contribution in [0.3, 0.4) is 0 Å². The van der Waals surface area contributed by atoms with Crippen molar-refractivity contribution in [3.05, 3.63) is 35.9 Å². The van der Waals surface area contributed by atoms with Gasteiger partial charge in [-0.15, -0.1) is 0 Å². The van der Waals surface area contributed by atoms with Gasteiger partial charge >= 0.3 is 0 Å². The first-order chi connectivity index (χ1) is 10.2. The van der Waals surface area contributed by atoms with Gasteiger partial charge in [-0.1, -0.05) is 37.3 Å². The third-order valence-electron chi connectivity index (χ3n) is 5.19. The number of likely N-dealkylation sites (tertiary alicyclic amines) is 1. The Kier molecular flexibility index (Phi) is 4.29. The molecule has 2 aliphatic rings. The summed E-state index contributed by atoms with van der Waals surface area (Å²) in [5.74, 6) is 1.02. The summed E-state index contributed by atoms with van der Waals surface area (Å²) in [6.07, 6.45) is 4.06. The number of amides is 1. The second-order valence-electron chi connectivity index (χ2n) is 6.89. The first kappa shape index (κ1) is 14.6. The van der Waals surface area contributed by atoms with Gasteiger partial charge in [0.1, 0.15) is 0 Å². The summed E-state index contributed by atoms with van der Waals surface area (Å²) in [5, 5.41) is 3.40. The molecule has 2 heterocycles. The van der Waals surface area contributed by atoms with E-state index in [1.54, 1.807) is 0 Å². The molecule has 0 aromatic heterocycles. The van der Waals surface area contributed by atoms with E-state index in [1.165, 1.54) is 18.4 Å². The molecule has 1 N–H and O–H groups in total. The fourth-order valence-corrected chi connectivity index (χ4v) is 3.75. The summed E-state index contributed by atoms with van der Waals surface area (Å²) in [6.45, 7) is 6.33. The summed E-state index contributed by atoms with van der Waals surface area (Å²) in [4.78, 5) is 14.4. The largest absolute Gasteiger partial charge is 0.342 e. The Labute approximate surface area is 127 Å². The lowest BCUT2D eigenvalue weighted by atomic mass is 9.75. The molecule has 0 radical (unpaired) electrons. The summed E-state index contributed by atoms with van der Waals surface area (Å²) < 4.78 is 0. The fourth-order valence-electron chi connectivity index (χ4n) is 3.75. The molecule has 0 unspecified atom stereocenters. The smallest absolute Gasteiger partial charge is 0.222 e. The molecular weight excluding hydrogens is 260 g/mol. The van der Waals surface area contributed by atoms with E-state index in [4.69, 9.17) is 0 Å². The summed E-state index contributed by atoms with van der Waals surface area (Å²) >= 11 is 0. The van der Waals surface area contributed by atoms with Crippen LogP contribution in [-0.2, 0) is 10.2 Å². The highest BCUT2D eigenvalue weighted by Crippen LogP contribution is 2.34. The number of hydrogen-bond acceptors (Lipinski definition) is 2. The number of nitrogens with one attached hydrogen (secondary N) is 1. The van der Waals surface area contributed by atoms with Crippen molar-refractivity contribution in [3.63, 3.8) is 0 Å². The summed E-state index contributed by atoms with van der Waals surface area (Å²) in [6, 6.07) is 10.7. The van der Waals surface area contributed by atoms with Gasteiger partial charge in [0.25, 0.3) is 0 Å². The molecule has 0 aliphatic carbocycles. The van der Waals surface area contributed by atoms with Crippen LogP contribution in [0.25, 0.3) is 0 Å². The maximum Gasteiger partial charge on any atom is 0.222 e. The van der Waals surface area contributed by atoms with E-state index in [-0.39, 0.29) is 5.41 Å². The number of hydrogen-bond donors (Lipinski definition) is 1. The van der Waals surface area contributed by atoms with Crippen molar-refractivity contribution < 1.29 is 4.79 Å². The molecule has 2 fully saturated rings. The van der Waals surface area contributed by atoms with Crippen LogP contribution in [0.2, 0.25) is 0 Å². The Balaban J connectivity index is 1.70. The molecule has 114 valence electrons. The van der Waals surface area contributed by atoms with E-state index >= 15 is 0 Å². The average molecular weight is 286 g/mol. The quantitative estimate of drug-likeness (QED) is 0.926. The lowest BCUT2D eigenvalue weighted by Gasteiger charge is -2.42. The van der Waals surface area contributed by atoms with Crippen LogP contribution in [0.4, 0.5) is 0 Å². The van der Waals surface area contributed by atoms with E-state index in [0.717, 1.165) is 32.6 Å². The SMILES string of the molecule is C[C@]1(c2ccccc2)CCC(=O)N(CC2CCNCC2)C1. The van der Waals surface area contributed by atoms with E-state index in [9.17, 15) is 4.79 Å². The summed E-state index contributed by atoms with van der Waals surface area (Å²) in [7, 11) is 0. The Morgan fingerprint density at radius 2 is 1.95 bits per heavy atom. The van der Waals surface area contributed by atoms with Gasteiger partial charge in [-0.05, 0) is 43.8 Å². The molecule has 0 saturated carbocycles. The minimum absolute atomic E-state index is 0.113. The Hall–Kier alpha value is -1.35. The van der Waals surface area contributed by atoms with Crippen molar-refractivity contribution in [1.82, 2.24) is 10.2 Å². The Bertz CT molecular complexity index is 481. The standard InChI is InChI=1S/C18H26N2O/c1-18(16-5-3-2-4-6-16)10-7-17(21)20(14-18)13-15-8-11-19-12-9-15/h2-6,15,19H,7-14H2,1H3/t18-/m0/s1. The number of carbonyl (C=O) groups excluding carboxylic acids is 1. The highest BCUT2D eigenvalue weighted by atomic mass is 16.2. The first-order valence-electron chi connectivity index (χ1n) is 8.21. The van der Waals surface area contributed by atoms with Crippen molar-refractivity contribution in [2.75, 3.05) is 26.2 Å². The van der Waals surface area contributed by atoms with Crippen molar-refractivity contribution in [2.45, 2.75) is 38.0 Å². The lowest BCUT2D eigenvalue weighted by molar-refractivity contribution is -0.136. The second-order valence-corrected chi connectivity index (χ2v) is 6.89. The molecule has 3 nitrogen and oxygen atoms in total. The number of nitrogens with zero attached hydrogens (tertiary/aromatic N) is 1. The van der Waals surface area contributed by atoms with Crippen LogP contribution < -0.4 is 5.32 Å². The van der Waals surface area contributed by atoms with Crippen LogP contribution in [0.1, 0.15) is 38.2 Å².